The molecule has 0 unspecified atom stereocenters. The third-order valence-electron chi connectivity index (χ3n) is 4.23. The summed E-state index contributed by atoms with van der Waals surface area (Å²) in [6, 6.07) is 6.96. The Labute approximate surface area is 157 Å². The molecule has 1 aliphatic heterocycles. The molecule has 2 aromatic rings. The zero-order valence-corrected chi connectivity index (χ0v) is 15.6. The molecule has 1 aromatic carbocycles. The Kier molecular flexibility index (Phi) is 6.18. The summed E-state index contributed by atoms with van der Waals surface area (Å²) in [4.78, 5) is 26.5. The van der Waals surface area contributed by atoms with Crippen LogP contribution in [0.5, 0.6) is 0 Å². The van der Waals surface area contributed by atoms with Gasteiger partial charge in [-0.15, -0.1) is 10.2 Å². The Balaban J connectivity index is 1.55. The van der Waals surface area contributed by atoms with E-state index in [9.17, 15) is 9.59 Å². The lowest BCUT2D eigenvalue weighted by molar-refractivity contribution is -0.116. The number of hydrogen-bond donors (Lipinski definition) is 1. The van der Waals surface area contributed by atoms with Gasteiger partial charge in [0.15, 0.2) is 0 Å². The maximum Gasteiger partial charge on any atom is 0.254 e. The van der Waals surface area contributed by atoms with Crippen molar-refractivity contribution in [2.45, 2.75) is 32.6 Å². The summed E-state index contributed by atoms with van der Waals surface area (Å²) >= 11 is 0. The molecular weight excluding hydrogens is 348 g/mol. The molecule has 2 heterocycles. The molecule has 0 saturated carbocycles. The predicted octanol–water partition coefficient (Wildman–Crippen LogP) is 2.24. The first-order chi connectivity index (χ1) is 13.0. The maximum atomic E-state index is 12.5. The highest BCUT2D eigenvalue weighted by atomic mass is 16.5. The average molecular weight is 372 g/mol. The minimum atomic E-state index is -0.171. The average Bonchev–Trinajstić information content (AvgIpc) is 3.16. The molecule has 27 heavy (non-hydrogen) atoms. The molecule has 1 N–H and O–H groups in total. The number of carbonyl (C=O) groups excluding carboxylic acids is 2. The highest BCUT2D eigenvalue weighted by Gasteiger charge is 2.19. The highest BCUT2D eigenvalue weighted by Crippen LogP contribution is 2.15. The van der Waals surface area contributed by atoms with Crippen LogP contribution >= 0.6 is 0 Å². The Hall–Kier alpha value is -2.74. The second kappa shape index (κ2) is 8.77. The third-order valence-corrected chi connectivity index (χ3v) is 4.23. The van der Waals surface area contributed by atoms with E-state index in [0.29, 0.717) is 55.8 Å². The van der Waals surface area contributed by atoms with Crippen molar-refractivity contribution in [3.8, 4) is 0 Å². The Morgan fingerprint density at radius 3 is 2.70 bits per heavy atom. The molecule has 144 valence electrons. The van der Waals surface area contributed by atoms with Gasteiger partial charge in [-0.05, 0) is 18.2 Å². The molecule has 1 aromatic heterocycles. The van der Waals surface area contributed by atoms with Gasteiger partial charge < -0.3 is 19.4 Å². The van der Waals surface area contributed by atoms with Crippen LogP contribution in [0, 0.1) is 0 Å². The second-order valence-electron chi connectivity index (χ2n) is 6.72. The van der Waals surface area contributed by atoms with Crippen LogP contribution in [0.1, 0.15) is 48.3 Å². The van der Waals surface area contributed by atoms with E-state index in [1.165, 1.54) is 0 Å². The van der Waals surface area contributed by atoms with Crippen LogP contribution in [0.4, 0.5) is 5.69 Å². The van der Waals surface area contributed by atoms with Gasteiger partial charge in [0.1, 0.15) is 0 Å². The fraction of sp³-hybridized carbons (Fsp3) is 0.474. The van der Waals surface area contributed by atoms with Gasteiger partial charge >= 0.3 is 0 Å². The van der Waals surface area contributed by atoms with E-state index in [1.807, 2.05) is 13.8 Å². The van der Waals surface area contributed by atoms with Crippen molar-refractivity contribution in [1.29, 1.82) is 0 Å². The van der Waals surface area contributed by atoms with E-state index in [4.69, 9.17) is 9.15 Å². The molecule has 2 amide bonds. The van der Waals surface area contributed by atoms with Crippen molar-refractivity contribution in [3.05, 3.63) is 41.6 Å². The van der Waals surface area contributed by atoms with Gasteiger partial charge in [0.05, 0.1) is 13.2 Å². The Morgan fingerprint density at radius 1 is 1.22 bits per heavy atom. The van der Waals surface area contributed by atoms with Crippen molar-refractivity contribution in [1.82, 2.24) is 15.1 Å². The smallest absolute Gasteiger partial charge is 0.254 e. The standard InChI is InChI=1S/C19H24N4O4/c1-13(2)18-22-21-17(27-18)7-6-16(24)20-15-5-3-4-14(12-15)19(25)23-8-10-26-11-9-23/h3-5,12-13H,6-11H2,1-2H3,(H,20,24). The summed E-state index contributed by atoms with van der Waals surface area (Å²) < 4.78 is 10.8. The maximum absolute atomic E-state index is 12.5. The van der Waals surface area contributed by atoms with Gasteiger partial charge in [-0.25, -0.2) is 0 Å². The van der Waals surface area contributed by atoms with E-state index < -0.39 is 0 Å². The number of hydrogen-bond acceptors (Lipinski definition) is 6. The molecule has 0 aliphatic carbocycles. The minimum Gasteiger partial charge on any atom is -0.425 e. The summed E-state index contributed by atoms with van der Waals surface area (Å²) in [5.41, 5.74) is 1.14. The number of anilines is 1. The number of aromatic nitrogens is 2. The molecule has 8 nitrogen and oxygen atoms in total. The first-order valence-corrected chi connectivity index (χ1v) is 9.12. The lowest BCUT2D eigenvalue weighted by Crippen LogP contribution is -2.40. The van der Waals surface area contributed by atoms with Crippen LogP contribution in [0.3, 0.4) is 0 Å². The summed E-state index contributed by atoms with van der Waals surface area (Å²) in [6.07, 6.45) is 0.597. The number of ether oxygens (including phenoxy) is 1. The number of benzene rings is 1. The highest BCUT2D eigenvalue weighted by molar-refractivity contribution is 5.97. The topological polar surface area (TPSA) is 97.6 Å². The number of rotatable bonds is 6. The summed E-state index contributed by atoms with van der Waals surface area (Å²) in [5, 5.41) is 10.7. The van der Waals surface area contributed by atoms with Crippen LogP contribution in [0.2, 0.25) is 0 Å². The molecule has 3 rings (SSSR count). The largest absolute Gasteiger partial charge is 0.425 e. The normalized spacial score (nSPS) is 14.4. The van der Waals surface area contributed by atoms with Gasteiger partial charge in [0, 0.05) is 43.1 Å². The fourth-order valence-electron chi connectivity index (χ4n) is 2.72. The third kappa shape index (κ3) is 5.13. The van der Waals surface area contributed by atoms with Crippen LogP contribution in [-0.2, 0) is 16.0 Å². The first-order valence-electron chi connectivity index (χ1n) is 9.12. The monoisotopic (exact) mass is 372 g/mol. The van der Waals surface area contributed by atoms with Crippen LogP contribution in [-0.4, -0.2) is 53.2 Å². The number of carbonyl (C=O) groups is 2. The zero-order valence-electron chi connectivity index (χ0n) is 15.6. The van der Waals surface area contributed by atoms with Crippen molar-refractivity contribution >= 4 is 17.5 Å². The van der Waals surface area contributed by atoms with Crippen molar-refractivity contribution in [3.63, 3.8) is 0 Å². The van der Waals surface area contributed by atoms with E-state index >= 15 is 0 Å². The van der Waals surface area contributed by atoms with E-state index in [2.05, 4.69) is 15.5 Å². The van der Waals surface area contributed by atoms with Crippen LogP contribution < -0.4 is 5.32 Å². The molecular formula is C19H24N4O4. The number of morpholine rings is 1. The van der Waals surface area contributed by atoms with E-state index in [-0.39, 0.29) is 24.2 Å². The molecule has 1 saturated heterocycles. The van der Waals surface area contributed by atoms with Gasteiger partial charge in [-0.2, -0.15) is 0 Å². The van der Waals surface area contributed by atoms with Gasteiger partial charge in [-0.1, -0.05) is 19.9 Å². The number of amides is 2. The quantitative estimate of drug-likeness (QED) is 0.835. The van der Waals surface area contributed by atoms with Crippen molar-refractivity contribution in [2.75, 3.05) is 31.6 Å². The number of nitrogens with zero attached hydrogens (tertiary/aromatic N) is 3. The van der Waals surface area contributed by atoms with E-state index in [1.54, 1.807) is 29.2 Å². The summed E-state index contributed by atoms with van der Waals surface area (Å²) in [5.74, 6) is 0.952. The number of aryl methyl sites for hydroxylation is 1. The first kappa shape index (κ1) is 19.0. The molecule has 0 radical (unpaired) electrons. The Bertz CT molecular complexity index is 797. The molecule has 1 aliphatic rings. The van der Waals surface area contributed by atoms with Crippen LogP contribution in [0.15, 0.2) is 28.7 Å². The van der Waals surface area contributed by atoms with Gasteiger partial charge in [0.2, 0.25) is 17.7 Å². The number of nitrogens with one attached hydrogen (secondary N) is 1. The van der Waals surface area contributed by atoms with E-state index in [0.717, 1.165) is 0 Å². The Morgan fingerprint density at radius 2 is 2.00 bits per heavy atom. The molecule has 0 atom stereocenters. The van der Waals surface area contributed by atoms with Crippen molar-refractivity contribution < 1.29 is 18.7 Å². The lowest BCUT2D eigenvalue weighted by atomic mass is 10.1. The SMILES string of the molecule is CC(C)c1nnc(CCC(=O)Nc2cccc(C(=O)N3CCOCC3)c2)o1. The van der Waals surface area contributed by atoms with Gasteiger partial charge in [-0.3, -0.25) is 9.59 Å². The molecule has 1 fully saturated rings. The predicted molar refractivity (Wildman–Crippen MR) is 98.5 cm³/mol. The minimum absolute atomic E-state index is 0.0542. The van der Waals surface area contributed by atoms with Crippen molar-refractivity contribution in [2.24, 2.45) is 0 Å². The fourth-order valence-corrected chi connectivity index (χ4v) is 2.72. The van der Waals surface area contributed by atoms with Crippen LogP contribution in [0.25, 0.3) is 0 Å². The van der Waals surface area contributed by atoms with Gasteiger partial charge in [0.25, 0.3) is 5.91 Å². The summed E-state index contributed by atoms with van der Waals surface area (Å²) in [7, 11) is 0. The summed E-state index contributed by atoms with van der Waals surface area (Å²) in [6.45, 7) is 6.20. The second-order valence-corrected chi connectivity index (χ2v) is 6.72. The molecule has 0 bridgehead atoms. The zero-order chi connectivity index (χ0) is 19.2. The lowest BCUT2D eigenvalue weighted by Gasteiger charge is -2.27. The molecule has 8 heteroatoms. The molecule has 0 spiro atoms.